The summed E-state index contributed by atoms with van der Waals surface area (Å²) in [6.07, 6.45) is -0.0402. The van der Waals surface area contributed by atoms with E-state index in [0.29, 0.717) is 16.8 Å². The number of hydrogen-bond acceptors (Lipinski definition) is 6. The highest BCUT2D eigenvalue weighted by Gasteiger charge is 2.24. The molecule has 0 aliphatic carbocycles. The molecule has 2 amide bonds. The van der Waals surface area contributed by atoms with E-state index in [1.54, 1.807) is 42.5 Å². The van der Waals surface area contributed by atoms with Gasteiger partial charge in [0.05, 0.1) is 15.6 Å². The molecule has 0 unspecified atom stereocenters. The Labute approximate surface area is 216 Å². The molecule has 1 atom stereocenters. The molecule has 0 heterocycles. The van der Waals surface area contributed by atoms with Gasteiger partial charge in [-0.15, -0.1) is 0 Å². The number of nitrogens with zero attached hydrogens (tertiary/aromatic N) is 1. The van der Waals surface area contributed by atoms with Gasteiger partial charge in [-0.3, -0.25) is 9.59 Å². The van der Waals surface area contributed by atoms with Gasteiger partial charge in [0.25, 0.3) is 11.8 Å². The van der Waals surface area contributed by atoms with Crippen LogP contribution in [-0.4, -0.2) is 46.9 Å². The second-order valence-electron chi connectivity index (χ2n) is 7.49. The number of halogens is 2. The molecule has 3 aromatic carbocycles. The second-order valence-corrected chi connectivity index (χ2v) is 8.30. The molecular formula is C25H21Cl2N3O6. The smallest absolute Gasteiger partial charge is 0.326 e. The first-order valence-corrected chi connectivity index (χ1v) is 11.2. The van der Waals surface area contributed by atoms with Gasteiger partial charge >= 0.3 is 5.97 Å². The first-order valence-electron chi connectivity index (χ1n) is 10.5. The second kappa shape index (κ2) is 12.1. The van der Waals surface area contributed by atoms with Gasteiger partial charge in [-0.05, 0) is 54.1 Å². The van der Waals surface area contributed by atoms with Crippen molar-refractivity contribution in [3.05, 3.63) is 93.5 Å². The molecular weight excluding hydrogens is 509 g/mol. The van der Waals surface area contributed by atoms with Gasteiger partial charge in [0.2, 0.25) is 0 Å². The number of oxime groups is 1. The lowest BCUT2D eigenvalue weighted by atomic mass is 10.0. The Bertz CT molecular complexity index is 1270. The summed E-state index contributed by atoms with van der Waals surface area (Å²) in [7, 11) is 1.25. The number of amides is 2. The van der Waals surface area contributed by atoms with Gasteiger partial charge < -0.3 is 25.7 Å². The van der Waals surface area contributed by atoms with Crippen molar-refractivity contribution in [2.75, 3.05) is 12.4 Å². The van der Waals surface area contributed by atoms with Gasteiger partial charge in [-0.25, -0.2) is 4.79 Å². The number of aliphatic carboxylic acids is 1. The minimum Gasteiger partial charge on any atom is -0.508 e. The molecule has 4 N–H and O–H groups in total. The largest absolute Gasteiger partial charge is 0.508 e. The van der Waals surface area contributed by atoms with Crippen molar-refractivity contribution >= 4 is 52.4 Å². The van der Waals surface area contributed by atoms with Crippen LogP contribution >= 0.6 is 23.2 Å². The summed E-state index contributed by atoms with van der Waals surface area (Å²) in [5.41, 5.74) is 1.35. The summed E-state index contributed by atoms with van der Waals surface area (Å²) in [5, 5.41) is 28.3. The average molecular weight is 530 g/mol. The maximum absolute atomic E-state index is 12.8. The van der Waals surface area contributed by atoms with E-state index in [-0.39, 0.29) is 33.5 Å². The zero-order valence-corrected chi connectivity index (χ0v) is 20.4. The molecule has 0 aromatic heterocycles. The summed E-state index contributed by atoms with van der Waals surface area (Å²) >= 11 is 12.1. The molecule has 36 heavy (non-hydrogen) atoms. The number of anilines is 1. The Kier molecular flexibility index (Phi) is 8.88. The van der Waals surface area contributed by atoms with E-state index in [1.807, 2.05) is 0 Å². The first-order chi connectivity index (χ1) is 17.2. The van der Waals surface area contributed by atoms with Crippen LogP contribution in [0.5, 0.6) is 5.75 Å². The Morgan fingerprint density at radius 1 is 0.972 bits per heavy atom. The van der Waals surface area contributed by atoms with Crippen LogP contribution < -0.4 is 10.6 Å². The van der Waals surface area contributed by atoms with Crippen LogP contribution in [0, 0.1) is 0 Å². The zero-order valence-electron chi connectivity index (χ0n) is 18.9. The SMILES string of the molecule is CON=C(C(=O)N[C@@H](Cc1ccc(NC(=O)c2c(Cl)cccc2Cl)cc1)C(=O)O)c1ccc(O)cc1. The highest BCUT2D eigenvalue weighted by molar-refractivity contribution is 6.45. The Morgan fingerprint density at radius 2 is 1.58 bits per heavy atom. The molecule has 0 aliphatic rings. The Hall–Kier alpha value is -4.08. The normalized spacial score (nSPS) is 11.9. The molecule has 11 heteroatoms. The van der Waals surface area contributed by atoms with Crippen LogP contribution in [-0.2, 0) is 20.8 Å². The highest BCUT2D eigenvalue weighted by atomic mass is 35.5. The molecule has 0 saturated heterocycles. The molecule has 3 rings (SSSR count). The van der Waals surface area contributed by atoms with Crippen LogP contribution in [0.2, 0.25) is 10.0 Å². The molecule has 0 saturated carbocycles. The number of hydrogen-bond donors (Lipinski definition) is 4. The standard InChI is InChI=1S/C25H21Cl2N3O6/c1-36-30-22(15-7-11-17(31)12-8-15)24(33)29-20(25(34)35)13-14-5-9-16(10-6-14)28-23(32)21-18(26)3-2-4-19(21)27/h2-12,20,31H,13H2,1H3,(H,28,32)(H,29,33)(H,34,35)/t20-/m0/s1. The fourth-order valence-corrected chi connectivity index (χ4v) is 3.80. The lowest BCUT2D eigenvalue weighted by molar-refractivity contribution is -0.141. The number of rotatable bonds is 9. The fourth-order valence-electron chi connectivity index (χ4n) is 3.23. The van der Waals surface area contributed by atoms with Gasteiger partial charge in [0.1, 0.15) is 18.9 Å². The van der Waals surface area contributed by atoms with Crippen LogP contribution in [0.4, 0.5) is 5.69 Å². The summed E-state index contributed by atoms with van der Waals surface area (Å²) in [4.78, 5) is 41.9. The maximum Gasteiger partial charge on any atom is 0.326 e. The summed E-state index contributed by atoms with van der Waals surface area (Å²) < 4.78 is 0. The Morgan fingerprint density at radius 3 is 2.14 bits per heavy atom. The molecule has 9 nitrogen and oxygen atoms in total. The minimum absolute atomic E-state index is 0.00561. The van der Waals surface area contributed by atoms with Crippen LogP contribution in [0.15, 0.2) is 71.9 Å². The molecule has 3 aromatic rings. The van der Waals surface area contributed by atoms with E-state index >= 15 is 0 Å². The van der Waals surface area contributed by atoms with Crippen molar-refractivity contribution in [3.8, 4) is 5.75 Å². The minimum atomic E-state index is -1.28. The van der Waals surface area contributed by atoms with E-state index in [1.165, 1.54) is 31.4 Å². The third kappa shape index (κ3) is 6.74. The van der Waals surface area contributed by atoms with E-state index in [9.17, 15) is 24.6 Å². The summed E-state index contributed by atoms with van der Waals surface area (Å²) in [5.74, 6) is -2.52. The van der Waals surface area contributed by atoms with Gasteiger partial charge in [0.15, 0.2) is 5.71 Å². The van der Waals surface area contributed by atoms with Gasteiger partial charge in [-0.2, -0.15) is 0 Å². The fraction of sp³-hybridized carbons (Fsp3) is 0.120. The number of aromatic hydroxyl groups is 1. The summed E-state index contributed by atoms with van der Waals surface area (Å²) in [6.45, 7) is 0. The van der Waals surface area contributed by atoms with Gasteiger partial charge in [0, 0.05) is 17.7 Å². The quantitative estimate of drug-likeness (QED) is 0.243. The lowest BCUT2D eigenvalue weighted by Gasteiger charge is -2.16. The van der Waals surface area contributed by atoms with Crippen molar-refractivity contribution in [1.82, 2.24) is 5.32 Å². The number of carboxylic acids is 1. The molecule has 186 valence electrons. The van der Waals surface area contributed by atoms with Crippen molar-refractivity contribution in [1.29, 1.82) is 0 Å². The molecule has 0 bridgehead atoms. The van der Waals surface area contributed by atoms with Crippen molar-refractivity contribution in [2.24, 2.45) is 5.16 Å². The molecule has 0 spiro atoms. The topological polar surface area (TPSA) is 137 Å². The van der Waals surface area contributed by atoms with E-state index in [4.69, 9.17) is 28.0 Å². The van der Waals surface area contributed by atoms with Crippen molar-refractivity contribution in [3.63, 3.8) is 0 Å². The van der Waals surface area contributed by atoms with Crippen LogP contribution in [0.1, 0.15) is 21.5 Å². The number of benzene rings is 3. The van der Waals surface area contributed by atoms with Crippen LogP contribution in [0.25, 0.3) is 0 Å². The average Bonchev–Trinajstić information content (AvgIpc) is 2.83. The molecule has 0 radical (unpaired) electrons. The third-order valence-electron chi connectivity index (χ3n) is 4.98. The maximum atomic E-state index is 12.8. The highest BCUT2D eigenvalue weighted by Crippen LogP contribution is 2.25. The van der Waals surface area contributed by atoms with E-state index in [2.05, 4.69) is 15.8 Å². The van der Waals surface area contributed by atoms with E-state index in [0.717, 1.165) is 0 Å². The monoisotopic (exact) mass is 529 g/mol. The molecule has 0 aliphatic heterocycles. The van der Waals surface area contributed by atoms with Gasteiger partial charge in [-0.1, -0.05) is 46.6 Å². The predicted molar refractivity (Wildman–Crippen MR) is 136 cm³/mol. The number of phenolic OH excluding ortho intramolecular Hbond substituents is 1. The number of nitrogens with one attached hydrogen (secondary N) is 2. The molecule has 0 fully saturated rings. The number of carboxylic acid groups (broad SMARTS) is 1. The predicted octanol–water partition coefficient (Wildman–Crippen LogP) is 4.11. The summed E-state index contributed by atoms with van der Waals surface area (Å²) in [6, 6.07) is 15.5. The third-order valence-corrected chi connectivity index (χ3v) is 5.61. The lowest BCUT2D eigenvalue weighted by Crippen LogP contribution is -2.45. The Balaban J connectivity index is 1.70. The van der Waals surface area contributed by atoms with Crippen molar-refractivity contribution < 1.29 is 29.4 Å². The van der Waals surface area contributed by atoms with E-state index < -0.39 is 23.8 Å². The number of carbonyl (C=O) groups is 3. The van der Waals surface area contributed by atoms with Crippen LogP contribution in [0.3, 0.4) is 0 Å². The number of phenols is 1. The first kappa shape index (κ1) is 26.5. The number of carbonyl (C=O) groups excluding carboxylic acids is 2. The zero-order chi connectivity index (χ0) is 26.2. The van der Waals surface area contributed by atoms with Crippen molar-refractivity contribution in [2.45, 2.75) is 12.5 Å².